The Balaban J connectivity index is 1.21. The molecular formula is C31H31N3O4S. The minimum Gasteiger partial charge on any atom is -0.493 e. The molecule has 200 valence electrons. The highest BCUT2D eigenvalue weighted by molar-refractivity contribution is 7.12. The van der Waals surface area contributed by atoms with Crippen LogP contribution in [0.25, 0.3) is 11.1 Å². The van der Waals surface area contributed by atoms with Crippen LogP contribution in [-0.2, 0) is 19.4 Å². The maximum atomic E-state index is 13.2. The van der Waals surface area contributed by atoms with Crippen LogP contribution in [0.3, 0.4) is 0 Å². The van der Waals surface area contributed by atoms with E-state index >= 15 is 0 Å². The lowest BCUT2D eigenvalue weighted by atomic mass is 9.98. The molecule has 0 aliphatic carbocycles. The molecule has 0 atom stereocenters. The Morgan fingerprint density at radius 3 is 2.38 bits per heavy atom. The molecule has 0 unspecified atom stereocenters. The summed E-state index contributed by atoms with van der Waals surface area (Å²) in [4.78, 5) is 27.9. The number of thiophene rings is 1. The van der Waals surface area contributed by atoms with E-state index in [0.717, 1.165) is 44.0 Å². The highest BCUT2D eigenvalue weighted by atomic mass is 32.1. The fraction of sp³-hybridized carbons (Fsp3) is 0.226. The van der Waals surface area contributed by atoms with Crippen molar-refractivity contribution >= 4 is 28.8 Å². The summed E-state index contributed by atoms with van der Waals surface area (Å²) in [5.74, 6) is 0.808. The van der Waals surface area contributed by atoms with Gasteiger partial charge in [0.05, 0.1) is 19.1 Å². The van der Waals surface area contributed by atoms with Crippen LogP contribution in [0.2, 0.25) is 0 Å². The predicted molar refractivity (Wildman–Crippen MR) is 155 cm³/mol. The number of carbonyl (C=O) groups excluding carboxylic acids is 2. The van der Waals surface area contributed by atoms with Crippen LogP contribution in [0.15, 0.2) is 72.1 Å². The molecule has 2 amide bonds. The molecule has 0 fully saturated rings. The van der Waals surface area contributed by atoms with Gasteiger partial charge in [-0.05, 0) is 76.9 Å². The summed E-state index contributed by atoms with van der Waals surface area (Å²) < 4.78 is 10.9. The third-order valence-corrected chi connectivity index (χ3v) is 8.01. The van der Waals surface area contributed by atoms with E-state index in [9.17, 15) is 9.59 Å². The number of primary amides is 1. The van der Waals surface area contributed by atoms with Crippen molar-refractivity contribution in [3.05, 3.63) is 99.2 Å². The second kappa shape index (κ2) is 11.7. The van der Waals surface area contributed by atoms with Crippen molar-refractivity contribution in [3.8, 4) is 22.6 Å². The number of benzene rings is 3. The van der Waals surface area contributed by atoms with Gasteiger partial charge in [-0.15, -0.1) is 11.3 Å². The van der Waals surface area contributed by atoms with Gasteiger partial charge in [-0.1, -0.05) is 30.3 Å². The van der Waals surface area contributed by atoms with E-state index in [0.29, 0.717) is 27.3 Å². The molecule has 0 spiro atoms. The van der Waals surface area contributed by atoms with Crippen molar-refractivity contribution in [2.75, 3.05) is 32.6 Å². The molecule has 0 bridgehead atoms. The minimum absolute atomic E-state index is 0.237. The van der Waals surface area contributed by atoms with Crippen molar-refractivity contribution in [1.82, 2.24) is 4.90 Å². The number of fused-ring (bicyclic) bond motifs is 1. The Hall–Kier alpha value is -4.14. The van der Waals surface area contributed by atoms with Gasteiger partial charge < -0.3 is 20.5 Å². The van der Waals surface area contributed by atoms with Crippen molar-refractivity contribution in [3.63, 3.8) is 0 Å². The van der Waals surface area contributed by atoms with Crippen molar-refractivity contribution in [1.29, 1.82) is 0 Å². The molecular weight excluding hydrogens is 510 g/mol. The third kappa shape index (κ3) is 5.82. The number of ether oxygens (including phenoxy) is 2. The van der Waals surface area contributed by atoms with Crippen LogP contribution >= 0.6 is 11.3 Å². The number of anilines is 1. The first-order valence-corrected chi connectivity index (χ1v) is 13.7. The van der Waals surface area contributed by atoms with E-state index < -0.39 is 5.91 Å². The second-order valence-corrected chi connectivity index (χ2v) is 10.4. The third-order valence-electron chi connectivity index (χ3n) is 7.08. The number of nitrogens with two attached hydrogens (primary N) is 1. The topological polar surface area (TPSA) is 93.9 Å². The van der Waals surface area contributed by atoms with E-state index in [4.69, 9.17) is 15.2 Å². The Bertz CT molecular complexity index is 1500. The molecule has 0 radical (unpaired) electrons. The lowest BCUT2D eigenvalue weighted by Gasteiger charge is -2.29. The van der Waals surface area contributed by atoms with Crippen molar-refractivity contribution in [2.24, 2.45) is 5.73 Å². The Labute approximate surface area is 232 Å². The van der Waals surface area contributed by atoms with Gasteiger partial charge in [0.15, 0.2) is 11.5 Å². The number of amides is 2. The number of nitrogens with zero attached hydrogens (tertiary/aromatic N) is 1. The quantitative estimate of drug-likeness (QED) is 0.297. The molecule has 4 aromatic rings. The van der Waals surface area contributed by atoms with Gasteiger partial charge >= 0.3 is 0 Å². The molecule has 8 heteroatoms. The average molecular weight is 542 g/mol. The molecule has 7 nitrogen and oxygen atoms in total. The highest BCUT2D eigenvalue weighted by Gasteiger charge is 2.20. The molecule has 2 heterocycles. The maximum Gasteiger partial charge on any atom is 0.259 e. The predicted octanol–water partition coefficient (Wildman–Crippen LogP) is 5.38. The summed E-state index contributed by atoms with van der Waals surface area (Å²) in [6.45, 7) is 2.82. The van der Waals surface area contributed by atoms with Crippen LogP contribution in [0, 0.1) is 0 Å². The largest absolute Gasteiger partial charge is 0.493 e. The molecule has 1 aliphatic heterocycles. The number of methoxy groups -OCH3 is 2. The molecule has 39 heavy (non-hydrogen) atoms. The van der Waals surface area contributed by atoms with Gasteiger partial charge in [-0.2, -0.15) is 0 Å². The molecule has 3 N–H and O–H groups in total. The van der Waals surface area contributed by atoms with Crippen molar-refractivity contribution in [2.45, 2.75) is 19.4 Å². The van der Waals surface area contributed by atoms with E-state index in [1.807, 2.05) is 36.4 Å². The maximum absolute atomic E-state index is 13.2. The Morgan fingerprint density at radius 2 is 1.67 bits per heavy atom. The van der Waals surface area contributed by atoms with Gasteiger partial charge in [-0.3, -0.25) is 14.5 Å². The molecule has 1 aliphatic rings. The zero-order valence-corrected chi connectivity index (χ0v) is 22.8. The van der Waals surface area contributed by atoms with E-state index in [2.05, 4.69) is 34.5 Å². The fourth-order valence-corrected chi connectivity index (χ4v) is 5.76. The number of carbonyl (C=O) groups is 2. The number of rotatable bonds is 9. The van der Waals surface area contributed by atoms with E-state index in [-0.39, 0.29) is 5.91 Å². The number of hydrogen-bond donors (Lipinski definition) is 2. The van der Waals surface area contributed by atoms with E-state index in [1.54, 1.807) is 25.7 Å². The molecule has 0 saturated carbocycles. The van der Waals surface area contributed by atoms with Gasteiger partial charge in [0, 0.05) is 36.4 Å². The first-order valence-electron chi connectivity index (χ1n) is 12.8. The summed E-state index contributed by atoms with van der Waals surface area (Å²) in [7, 11) is 3.33. The minimum atomic E-state index is -0.500. The zero-order valence-electron chi connectivity index (χ0n) is 22.0. The summed E-state index contributed by atoms with van der Waals surface area (Å²) >= 11 is 1.27. The summed E-state index contributed by atoms with van der Waals surface area (Å²) in [5.41, 5.74) is 11.9. The normalized spacial score (nSPS) is 13.0. The van der Waals surface area contributed by atoms with Crippen LogP contribution in [0.4, 0.5) is 5.69 Å². The molecule has 1 aromatic heterocycles. The van der Waals surface area contributed by atoms with Crippen LogP contribution in [-0.4, -0.2) is 44.0 Å². The first kappa shape index (κ1) is 26.5. The lowest BCUT2D eigenvalue weighted by Crippen LogP contribution is -2.32. The Morgan fingerprint density at radius 1 is 0.949 bits per heavy atom. The molecule has 3 aromatic carbocycles. The molecule has 0 saturated heterocycles. The highest BCUT2D eigenvalue weighted by Crippen LogP contribution is 2.34. The van der Waals surface area contributed by atoms with Gasteiger partial charge in [0.1, 0.15) is 0 Å². The van der Waals surface area contributed by atoms with Gasteiger partial charge in [-0.25, -0.2) is 0 Å². The first-order chi connectivity index (χ1) is 19.0. The second-order valence-electron chi connectivity index (χ2n) is 9.48. The SMILES string of the molecule is COc1cc2c(cc1OC)CN(CCc1ccc(NC(=O)c3ccccc3-c3ccsc3C(N)=O)cc1)CC2. The smallest absolute Gasteiger partial charge is 0.259 e. The number of hydrogen-bond acceptors (Lipinski definition) is 6. The van der Waals surface area contributed by atoms with Gasteiger partial charge in [0.2, 0.25) is 0 Å². The number of nitrogens with one attached hydrogen (secondary N) is 1. The van der Waals surface area contributed by atoms with Crippen LogP contribution in [0.1, 0.15) is 36.7 Å². The fourth-order valence-electron chi connectivity index (χ4n) is 5.00. The van der Waals surface area contributed by atoms with Gasteiger partial charge in [0.25, 0.3) is 11.8 Å². The molecule has 5 rings (SSSR count). The Kier molecular flexibility index (Phi) is 7.95. The summed E-state index contributed by atoms with van der Waals surface area (Å²) in [6, 6.07) is 21.2. The van der Waals surface area contributed by atoms with E-state index in [1.165, 1.54) is 28.0 Å². The van der Waals surface area contributed by atoms with Crippen LogP contribution < -0.4 is 20.5 Å². The summed E-state index contributed by atoms with van der Waals surface area (Å²) in [6.07, 6.45) is 1.89. The monoisotopic (exact) mass is 541 g/mol. The van der Waals surface area contributed by atoms with Crippen molar-refractivity contribution < 1.29 is 19.1 Å². The lowest BCUT2D eigenvalue weighted by molar-refractivity contribution is 0.1000. The van der Waals surface area contributed by atoms with Crippen LogP contribution in [0.5, 0.6) is 11.5 Å². The average Bonchev–Trinajstić information content (AvgIpc) is 3.46. The summed E-state index contributed by atoms with van der Waals surface area (Å²) in [5, 5.41) is 4.79. The standard InChI is InChI=1S/C31H31N3O4S/c1-37-27-17-21-12-15-34(19-22(21)18-28(27)38-2)14-11-20-7-9-23(10-8-20)33-31(36)26-6-4-3-5-24(26)25-13-16-39-29(25)30(32)35/h3-10,13,16-18H,11-12,14-15,19H2,1-2H3,(H2,32,35)(H,33,36). The zero-order chi connectivity index (χ0) is 27.4.